The Balaban J connectivity index is 1.59. The van der Waals surface area contributed by atoms with Crippen LogP contribution in [0.3, 0.4) is 0 Å². The molecule has 2 N–H and O–H groups in total. The van der Waals surface area contributed by atoms with Crippen LogP contribution in [-0.2, 0) is 17.9 Å². The first-order valence-electron chi connectivity index (χ1n) is 12.8. The molecule has 3 heterocycles. The minimum Gasteiger partial charge on any atom is -0.465 e. The number of carbonyl (C=O) groups is 1. The maximum absolute atomic E-state index is 14.0. The summed E-state index contributed by atoms with van der Waals surface area (Å²) >= 11 is 1.52. The van der Waals surface area contributed by atoms with Crippen LogP contribution in [0, 0.1) is 11.6 Å². The van der Waals surface area contributed by atoms with Crippen molar-refractivity contribution in [3.05, 3.63) is 77.1 Å². The fourth-order valence-corrected chi connectivity index (χ4v) is 5.92. The monoisotopic (exact) mass is 581 g/mol. The average molecular weight is 582 g/mol. The number of rotatable bonds is 10. The van der Waals surface area contributed by atoms with E-state index in [0.29, 0.717) is 28.9 Å². The lowest BCUT2D eigenvalue weighted by Gasteiger charge is -2.21. The number of fused-ring (bicyclic) bond motifs is 2. The molecule has 0 aliphatic rings. The Bertz CT molecular complexity index is 1660. The molecule has 1 unspecified atom stereocenters. The molecule has 0 saturated carbocycles. The first-order valence-corrected chi connectivity index (χ1v) is 17.4. The third kappa shape index (κ3) is 6.52. The fraction of sp³-hybridized carbons (Fsp3) is 0.286. The van der Waals surface area contributed by atoms with Gasteiger partial charge in [0.15, 0.2) is 0 Å². The number of halogens is 2. The number of hydrogen-bond acceptors (Lipinski definition) is 6. The van der Waals surface area contributed by atoms with E-state index in [-0.39, 0.29) is 13.2 Å². The van der Waals surface area contributed by atoms with Crippen molar-refractivity contribution < 1.29 is 23.4 Å². The molecule has 0 spiro atoms. The summed E-state index contributed by atoms with van der Waals surface area (Å²) in [7, 11) is -1.25. The van der Waals surface area contributed by atoms with E-state index in [2.05, 4.69) is 35.0 Å². The molecule has 8 nitrogen and oxygen atoms in total. The van der Waals surface area contributed by atoms with Crippen molar-refractivity contribution in [2.24, 2.45) is 0 Å². The summed E-state index contributed by atoms with van der Waals surface area (Å²) in [5.74, 6) is -1.48. The molecule has 0 bridgehead atoms. The van der Waals surface area contributed by atoms with E-state index >= 15 is 0 Å². The summed E-state index contributed by atoms with van der Waals surface area (Å²) in [5.41, 5.74) is 5.96. The zero-order valence-electron chi connectivity index (χ0n) is 22.3. The van der Waals surface area contributed by atoms with Gasteiger partial charge in [-0.15, -0.1) is 11.3 Å². The van der Waals surface area contributed by atoms with Crippen LogP contribution in [0.1, 0.15) is 17.3 Å². The molecule has 40 heavy (non-hydrogen) atoms. The number of thiazole rings is 1. The molecule has 2 aromatic carbocycles. The maximum Gasteiger partial charge on any atom is 0.405 e. The van der Waals surface area contributed by atoms with Crippen molar-refractivity contribution in [1.29, 1.82) is 0 Å². The van der Waals surface area contributed by atoms with E-state index in [1.165, 1.54) is 23.5 Å². The van der Waals surface area contributed by atoms with E-state index in [1.807, 2.05) is 24.3 Å². The predicted octanol–water partition coefficient (Wildman–Crippen LogP) is 6.85. The van der Waals surface area contributed by atoms with Gasteiger partial charge in [-0.1, -0.05) is 25.7 Å². The first-order chi connectivity index (χ1) is 19.1. The van der Waals surface area contributed by atoms with E-state index in [0.717, 1.165) is 33.4 Å². The highest BCUT2D eigenvalue weighted by atomic mass is 32.1. The lowest BCUT2D eigenvalue weighted by atomic mass is 9.95. The van der Waals surface area contributed by atoms with E-state index in [9.17, 15) is 18.7 Å². The Morgan fingerprint density at radius 1 is 1.12 bits per heavy atom. The Kier molecular flexibility index (Phi) is 7.92. The lowest BCUT2D eigenvalue weighted by molar-refractivity contribution is 0.0817. The van der Waals surface area contributed by atoms with Crippen molar-refractivity contribution in [1.82, 2.24) is 25.1 Å². The average Bonchev–Trinajstić information content (AvgIpc) is 3.50. The van der Waals surface area contributed by atoms with Gasteiger partial charge in [0.25, 0.3) is 0 Å². The topological polar surface area (TPSA) is 102 Å². The molecule has 0 aliphatic carbocycles. The second kappa shape index (κ2) is 11.4. The Morgan fingerprint density at radius 3 is 2.62 bits per heavy atom. The first kappa shape index (κ1) is 27.8. The van der Waals surface area contributed by atoms with Crippen LogP contribution in [0.4, 0.5) is 13.6 Å². The van der Waals surface area contributed by atoms with Gasteiger partial charge in [0.05, 0.1) is 39.2 Å². The van der Waals surface area contributed by atoms with Gasteiger partial charge in [0.1, 0.15) is 23.9 Å². The minimum atomic E-state index is -1.28. The fourth-order valence-electron chi connectivity index (χ4n) is 4.50. The van der Waals surface area contributed by atoms with Crippen molar-refractivity contribution in [3.8, 4) is 11.1 Å². The minimum absolute atomic E-state index is 0.0145. The van der Waals surface area contributed by atoms with Crippen LogP contribution in [0.15, 0.2) is 54.2 Å². The van der Waals surface area contributed by atoms with Gasteiger partial charge >= 0.3 is 6.09 Å². The van der Waals surface area contributed by atoms with Crippen LogP contribution in [0.5, 0.6) is 0 Å². The third-order valence-corrected chi connectivity index (χ3v) is 9.01. The van der Waals surface area contributed by atoms with Crippen LogP contribution >= 0.6 is 11.3 Å². The number of nitrogens with one attached hydrogen (secondary N) is 1. The summed E-state index contributed by atoms with van der Waals surface area (Å²) in [6.07, 6.45) is 0.309. The zero-order valence-corrected chi connectivity index (χ0v) is 24.1. The van der Waals surface area contributed by atoms with Gasteiger partial charge in [-0.2, -0.15) is 5.10 Å². The molecule has 0 radical (unpaired) electrons. The van der Waals surface area contributed by atoms with Crippen molar-refractivity contribution >= 4 is 46.8 Å². The van der Waals surface area contributed by atoms with Crippen molar-refractivity contribution in [2.45, 2.75) is 44.9 Å². The molecule has 3 aromatic heterocycles. The van der Waals surface area contributed by atoms with E-state index < -0.39 is 31.8 Å². The number of ether oxygens (including phenoxy) is 1. The SMILES string of the molecule is C[Si](C)(C)CCOCn1ncc2nc(C(Cc3cc(F)cc(F)c3)NC(=O)O)c(-c3ccc4scnc4c3)cc21. The molecule has 12 heteroatoms. The number of pyridine rings is 1. The molecule has 0 aliphatic heterocycles. The van der Waals surface area contributed by atoms with Crippen LogP contribution in [0.25, 0.3) is 32.4 Å². The number of amides is 1. The number of nitrogens with zero attached hydrogens (tertiary/aromatic N) is 4. The summed E-state index contributed by atoms with van der Waals surface area (Å²) in [6, 6.07) is 11.0. The van der Waals surface area contributed by atoms with Gasteiger partial charge in [-0.05, 0) is 53.9 Å². The molecule has 1 atom stereocenters. The Hall–Kier alpha value is -3.74. The van der Waals surface area contributed by atoms with E-state index in [1.54, 1.807) is 16.4 Å². The zero-order chi connectivity index (χ0) is 28.4. The number of carboxylic acid groups (broad SMARTS) is 1. The standard InChI is InChI=1S/C28H29F2N5O3SSi/c1-40(2,3)7-6-38-16-35-25-13-21(18-4-5-26-22(11-18)31-15-39-26)27(33-24(25)14-32-35)23(34-28(36)37)10-17-8-19(29)12-20(30)9-17/h4-5,8-9,11-15,23,34H,6-7,10,16H2,1-3H3,(H,36,37). The molecular formula is C28H29F2N5O3SSi. The van der Waals surface area contributed by atoms with Crippen molar-refractivity contribution in [2.75, 3.05) is 6.61 Å². The van der Waals surface area contributed by atoms with Crippen LogP contribution in [0.2, 0.25) is 25.7 Å². The van der Waals surface area contributed by atoms with Gasteiger partial charge in [-0.25, -0.2) is 28.2 Å². The molecule has 0 saturated heterocycles. The molecule has 1 amide bonds. The van der Waals surface area contributed by atoms with Crippen LogP contribution < -0.4 is 5.32 Å². The van der Waals surface area contributed by atoms with Crippen LogP contribution in [-0.4, -0.2) is 45.6 Å². The summed E-state index contributed by atoms with van der Waals surface area (Å²) in [5, 5.41) is 16.6. The van der Waals surface area contributed by atoms with Gasteiger partial charge < -0.3 is 15.2 Å². The summed E-state index contributed by atoms with van der Waals surface area (Å²) in [4.78, 5) is 21.1. The molecule has 5 rings (SSSR count). The summed E-state index contributed by atoms with van der Waals surface area (Å²) in [6.45, 7) is 7.74. The van der Waals surface area contributed by atoms with E-state index in [4.69, 9.17) is 9.72 Å². The quantitative estimate of drug-likeness (QED) is 0.138. The largest absolute Gasteiger partial charge is 0.465 e. The normalized spacial score (nSPS) is 12.7. The van der Waals surface area contributed by atoms with Gasteiger partial charge in [0, 0.05) is 26.3 Å². The van der Waals surface area contributed by atoms with Crippen molar-refractivity contribution in [3.63, 3.8) is 0 Å². The number of benzene rings is 2. The second-order valence-corrected chi connectivity index (χ2v) is 17.3. The number of hydrogen-bond donors (Lipinski definition) is 2. The maximum atomic E-state index is 14.0. The highest BCUT2D eigenvalue weighted by molar-refractivity contribution is 7.16. The highest BCUT2D eigenvalue weighted by Gasteiger charge is 2.24. The smallest absolute Gasteiger partial charge is 0.405 e. The lowest BCUT2D eigenvalue weighted by Crippen LogP contribution is -2.29. The molecular weight excluding hydrogens is 552 g/mol. The Labute approximate surface area is 234 Å². The second-order valence-electron chi connectivity index (χ2n) is 10.8. The number of aromatic nitrogens is 4. The Morgan fingerprint density at radius 2 is 1.90 bits per heavy atom. The molecule has 0 fully saturated rings. The van der Waals surface area contributed by atoms with Gasteiger partial charge in [-0.3, -0.25) is 0 Å². The van der Waals surface area contributed by atoms with Gasteiger partial charge in [0.2, 0.25) is 0 Å². The summed E-state index contributed by atoms with van der Waals surface area (Å²) < 4.78 is 36.6. The third-order valence-electron chi connectivity index (χ3n) is 6.50. The highest BCUT2D eigenvalue weighted by Crippen LogP contribution is 2.34. The predicted molar refractivity (Wildman–Crippen MR) is 154 cm³/mol. The molecule has 5 aromatic rings. The molecule has 208 valence electrons.